The molecule has 4 rings (SSSR count). The highest BCUT2D eigenvalue weighted by molar-refractivity contribution is 5.99. The molecule has 10 nitrogen and oxygen atoms in total. The molecule has 0 amide bonds. The van der Waals surface area contributed by atoms with E-state index in [4.69, 9.17) is 9.47 Å². The van der Waals surface area contributed by atoms with Gasteiger partial charge < -0.3 is 19.8 Å². The molecule has 0 aliphatic carbocycles. The van der Waals surface area contributed by atoms with E-state index in [1.807, 2.05) is 36.4 Å². The number of nitro groups is 1. The van der Waals surface area contributed by atoms with E-state index in [2.05, 4.69) is 15.3 Å². The Labute approximate surface area is 231 Å². The van der Waals surface area contributed by atoms with E-state index < -0.39 is 22.8 Å². The zero-order chi connectivity index (χ0) is 28.6. The predicted octanol–water partition coefficient (Wildman–Crippen LogP) is 4.96. The summed E-state index contributed by atoms with van der Waals surface area (Å²) in [4.78, 5) is 44.3. The Morgan fingerprint density at radius 1 is 1.07 bits per heavy atom. The fraction of sp³-hybridized carbons (Fsp3) is 0.233. The second-order valence-electron chi connectivity index (χ2n) is 9.26. The number of esters is 2. The van der Waals surface area contributed by atoms with Crippen LogP contribution in [-0.2, 0) is 25.5 Å². The third-order valence-corrected chi connectivity index (χ3v) is 6.53. The number of nitrogens with zero attached hydrogens (tertiary/aromatic N) is 2. The first-order valence-corrected chi connectivity index (χ1v) is 12.7. The number of H-pyrrole nitrogens is 1. The van der Waals surface area contributed by atoms with Gasteiger partial charge in [-0.2, -0.15) is 0 Å². The summed E-state index contributed by atoms with van der Waals surface area (Å²) < 4.78 is 10.6. The lowest BCUT2D eigenvalue weighted by atomic mass is 9.80. The number of aromatic amines is 1. The quantitative estimate of drug-likeness (QED) is 0.159. The third kappa shape index (κ3) is 6.52. The number of allylic oxidation sites excluding steroid dienone is 2. The molecule has 0 bridgehead atoms. The first-order chi connectivity index (χ1) is 19.3. The van der Waals surface area contributed by atoms with Crippen LogP contribution in [0.15, 0.2) is 89.5 Å². The summed E-state index contributed by atoms with van der Waals surface area (Å²) in [6, 6.07) is 14.0. The van der Waals surface area contributed by atoms with Crippen LogP contribution >= 0.6 is 0 Å². The molecule has 3 aromatic rings. The lowest BCUT2D eigenvalue weighted by molar-refractivity contribution is -0.384. The van der Waals surface area contributed by atoms with Crippen LogP contribution in [0.3, 0.4) is 0 Å². The van der Waals surface area contributed by atoms with Gasteiger partial charge in [-0.15, -0.1) is 0 Å². The average Bonchev–Trinajstić information content (AvgIpc) is 3.46. The highest BCUT2D eigenvalue weighted by Crippen LogP contribution is 2.40. The summed E-state index contributed by atoms with van der Waals surface area (Å²) in [5, 5.41) is 14.5. The Balaban J connectivity index is 1.45. The summed E-state index contributed by atoms with van der Waals surface area (Å²) in [6.07, 6.45) is 8.58. The summed E-state index contributed by atoms with van der Waals surface area (Å²) in [5.74, 6) is -1.25. The van der Waals surface area contributed by atoms with Gasteiger partial charge in [-0.3, -0.25) is 10.1 Å². The molecule has 2 N–H and O–H groups in total. The molecule has 0 saturated carbocycles. The smallest absolute Gasteiger partial charge is 0.336 e. The normalized spacial score (nSPS) is 15.2. The van der Waals surface area contributed by atoms with Crippen LogP contribution < -0.4 is 5.32 Å². The van der Waals surface area contributed by atoms with Crippen molar-refractivity contribution in [3.05, 3.63) is 122 Å². The van der Waals surface area contributed by atoms with Crippen molar-refractivity contribution in [2.45, 2.75) is 32.6 Å². The molecule has 2 aromatic carbocycles. The van der Waals surface area contributed by atoms with Crippen LogP contribution in [0.4, 0.5) is 5.69 Å². The Bertz CT molecular complexity index is 1490. The van der Waals surface area contributed by atoms with Gasteiger partial charge in [0.1, 0.15) is 5.82 Å². The number of carbonyl (C=O) groups excluding carboxylic acids is 2. The summed E-state index contributed by atoms with van der Waals surface area (Å²) in [7, 11) is 1.25. The second-order valence-corrected chi connectivity index (χ2v) is 9.26. The maximum absolute atomic E-state index is 13.3. The number of rotatable bonds is 10. The summed E-state index contributed by atoms with van der Waals surface area (Å²) in [5.41, 5.74) is 3.80. The van der Waals surface area contributed by atoms with Gasteiger partial charge in [0.2, 0.25) is 0 Å². The molecule has 40 heavy (non-hydrogen) atoms. The van der Waals surface area contributed by atoms with Crippen molar-refractivity contribution >= 4 is 23.7 Å². The largest absolute Gasteiger partial charge is 0.466 e. The highest BCUT2D eigenvalue weighted by Gasteiger charge is 2.38. The van der Waals surface area contributed by atoms with E-state index in [1.54, 1.807) is 32.3 Å². The Kier molecular flexibility index (Phi) is 8.90. The second kappa shape index (κ2) is 12.7. The van der Waals surface area contributed by atoms with Crippen molar-refractivity contribution in [2.24, 2.45) is 0 Å². The number of hydrogen-bond acceptors (Lipinski definition) is 8. The van der Waals surface area contributed by atoms with Crippen LogP contribution in [0, 0.1) is 10.1 Å². The zero-order valence-corrected chi connectivity index (χ0v) is 22.5. The lowest BCUT2D eigenvalue weighted by Crippen LogP contribution is -2.32. The van der Waals surface area contributed by atoms with Crippen molar-refractivity contribution in [1.82, 2.24) is 15.3 Å². The summed E-state index contributed by atoms with van der Waals surface area (Å²) >= 11 is 0. The van der Waals surface area contributed by atoms with E-state index in [0.717, 1.165) is 23.4 Å². The number of nitro benzene ring substituents is 1. The topological polar surface area (TPSA) is 136 Å². The fourth-order valence-corrected chi connectivity index (χ4v) is 4.65. The van der Waals surface area contributed by atoms with Crippen molar-refractivity contribution in [3.8, 4) is 0 Å². The fourth-order valence-electron chi connectivity index (χ4n) is 4.65. The third-order valence-electron chi connectivity index (χ3n) is 6.53. The number of dihydropyridines is 1. The van der Waals surface area contributed by atoms with Gasteiger partial charge in [-0.1, -0.05) is 48.6 Å². The van der Waals surface area contributed by atoms with Crippen molar-refractivity contribution in [1.29, 1.82) is 0 Å². The molecule has 1 aliphatic heterocycles. The molecule has 10 heteroatoms. The molecule has 0 spiro atoms. The zero-order valence-electron chi connectivity index (χ0n) is 22.5. The van der Waals surface area contributed by atoms with Crippen molar-refractivity contribution in [2.75, 3.05) is 13.7 Å². The van der Waals surface area contributed by atoms with Crippen molar-refractivity contribution < 1.29 is 24.0 Å². The molecule has 0 radical (unpaired) electrons. The van der Waals surface area contributed by atoms with Gasteiger partial charge in [-0.05, 0) is 37.0 Å². The molecule has 0 saturated heterocycles. The Morgan fingerprint density at radius 2 is 1.80 bits per heavy atom. The minimum absolute atomic E-state index is 0.112. The molecule has 1 atom stereocenters. The summed E-state index contributed by atoms with van der Waals surface area (Å²) in [6.45, 7) is 3.51. The van der Waals surface area contributed by atoms with E-state index in [0.29, 0.717) is 23.4 Å². The number of non-ortho nitro benzene ring substituents is 1. The van der Waals surface area contributed by atoms with Crippen LogP contribution in [-0.4, -0.2) is 40.5 Å². The van der Waals surface area contributed by atoms with E-state index in [9.17, 15) is 19.7 Å². The van der Waals surface area contributed by atoms with E-state index in [1.165, 1.54) is 25.3 Å². The number of carbonyl (C=O) groups is 2. The number of nitrogens with one attached hydrogen (secondary N) is 2. The number of imidazole rings is 1. The van der Waals surface area contributed by atoms with Crippen LogP contribution in [0.2, 0.25) is 0 Å². The molecule has 0 fully saturated rings. The van der Waals surface area contributed by atoms with Crippen LogP contribution in [0.25, 0.3) is 6.08 Å². The monoisotopic (exact) mass is 542 g/mol. The number of benzene rings is 2. The van der Waals surface area contributed by atoms with Gasteiger partial charge in [0, 0.05) is 42.3 Å². The van der Waals surface area contributed by atoms with Gasteiger partial charge in [0.25, 0.3) is 5.69 Å². The van der Waals surface area contributed by atoms with Gasteiger partial charge in [-0.25, -0.2) is 14.6 Å². The minimum atomic E-state index is -0.892. The molecule has 2 heterocycles. The number of ether oxygens (including phenoxy) is 2. The van der Waals surface area contributed by atoms with Crippen molar-refractivity contribution in [3.63, 3.8) is 0 Å². The SMILES string of the molecule is COC(=O)C1=C(C)NC(C)=C(C(=O)OCC/C=C/c2ccc(Cc3ncc[nH]3)cc2)C1c1cccc([N+](=O)[O-])c1. The molecule has 1 aliphatic rings. The first-order valence-electron chi connectivity index (χ1n) is 12.7. The first kappa shape index (κ1) is 28.0. The Morgan fingerprint density at radius 3 is 2.45 bits per heavy atom. The minimum Gasteiger partial charge on any atom is -0.466 e. The van der Waals surface area contributed by atoms with Crippen LogP contribution in [0.5, 0.6) is 0 Å². The van der Waals surface area contributed by atoms with E-state index in [-0.39, 0.29) is 23.4 Å². The van der Waals surface area contributed by atoms with Crippen LogP contribution in [0.1, 0.15) is 48.7 Å². The Hall–Kier alpha value is -4.99. The number of hydrogen-bond donors (Lipinski definition) is 2. The van der Waals surface area contributed by atoms with Gasteiger partial charge in [0.15, 0.2) is 0 Å². The van der Waals surface area contributed by atoms with E-state index >= 15 is 0 Å². The van der Waals surface area contributed by atoms with Gasteiger partial charge in [0.05, 0.1) is 35.7 Å². The maximum atomic E-state index is 13.3. The lowest BCUT2D eigenvalue weighted by Gasteiger charge is -2.30. The highest BCUT2D eigenvalue weighted by atomic mass is 16.6. The maximum Gasteiger partial charge on any atom is 0.336 e. The average molecular weight is 543 g/mol. The predicted molar refractivity (Wildman–Crippen MR) is 149 cm³/mol. The molecular weight excluding hydrogens is 512 g/mol. The molecule has 1 aromatic heterocycles. The number of methoxy groups -OCH3 is 1. The molecular formula is C30H30N4O6. The molecule has 206 valence electrons. The van der Waals surface area contributed by atoms with Gasteiger partial charge >= 0.3 is 11.9 Å². The number of aromatic nitrogens is 2. The standard InChI is InChI=1S/C30H30N4O6/c1-19-26(29(35)39-3)28(23-8-6-9-24(18-23)34(37)38)27(20(2)33-19)30(36)40-16-5-4-7-21-10-12-22(13-11-21)17-25-31-14-15-32-25/h4,6-15,18,28,33H,5,16-17H2,1-3H3,(H,31,32)/b7-4+. The molecule has 1 unspecified atom stereocenters.